The molecule has 2 unspecified atom stereocenters. The van der Waals surface area contributed by atoms with E-state index in [4.69, 9.17) is 4.74 Å². The van der Waals surface area contributed by atoms with Crippen molar-refractivity contribution in [2.45, 2.75) is 71.4 Å². The lowest BCUT2D eigenvalue weighted by Gasteiger charge is -2.37. The van der Waals surface area contributed by atoms with Crippen molar-refractivity contribution in [2.75, 3.05) is 19.7 Å². The van der Waals surface area contributed by atoms with Gasteiger partial charge >= 0.3 is 6.09 Å². The fourth-order valence-electron chi connectivity index (χ4n) is 3.76. The first-order valence-corrected chi connectivity index (χ1v) is 8.77. The Hall–Kier alpha value is -0.770. The van der Waals surface area contributed by atoms with E-state index in [9.17, 15) is 4.79 Å². The van der Waals surface area contributed by atoms with Crippen LogP contribution in [0.5, 0.6) is 0 Å². The minimum atomic E-state index is -0.145. The van der Waals surface area contributed by atoms with Crippen LogP contribution < -0.4 is 5.32 Å². The average Bonchev–Trinajstić information content (AvgIpc) is 2.48. The molecule has 1 saturated carbocycles. The van der Waals surface area contributed by atoms with E-state index in [1.54, 1.807) is 0 Å². The Morgan fingerprint density at radius 3 is 2.52 bits per heavy atom. The van der Waals surface area contributed by atoms with Crippen LogP contribution >= 0.6 is 0 Å². The summed E-state index contributed by atoms with van der Waals surface area (Å²) in [5, 5.41) is 3.86. The van der Waals surface area contributed by atoms with E-state index < -0.39 is 0 Å². The molecule has 2 fully saturated rings. The molecule has 0 aromatic rings. The van der Waals surface area contributed by atoms with Crippen LogP contribution in [0.3, 0.4) is 0 Å². The second-order valence-electron chi connectivity index (χ2n) is 6.99. The van der Waals surface area contributed by atoms with E-state index >= 15 is 0 Å². The van der Waals surface area contributed by atoms with Gasteiger partial charge in [0.25, 0.3) is 0 Å². The molecule has 0 bridgehead atoms. The summed E-state index contributed by atoms with van der Waals surface area (Å²) >= 11 is 0. The highest BCUT2D eigenvalue weighted by Gasteiger charge is 2.28. The van der Waals surface area contributed by atoms with Crippen LogP contribution in [-0.2, 0) is 4.74 Å². The van der Waals surface area contributed by atoms with Crippen LogP contribution in [0.4, 0.5) is 4.79 Å². The molecule has 0 aromatic carbocycles. The molecular formula is C17H32N2O2. The Kier molecular flexibility index (Phi) is 6.34. The van der Waals surface area contributed by atoms with Gasteiger partial charge in [-0.25, -0.2) is 4.79 Å². The monoisotopic (exact) mass is 296 g/mol. The van der Waals surface area contributed by atoms with Crippen molar-refractivity contribution in [2.24, 2.45) is 11.8 Å². The molecule has 2 aliphatic rings. The van der Waals surface area contributed by atoms with Crippen molar-refractivity contribution in [3.8, 4) is 0 Å². The van der Waals surface area contributed by atoms with Gasteiger partial charge in [-0.3, -0.25) is 0 Å². The number of carbonyl (C=O) groups excluding carboxylic acids is 1. The molecule has 122 valence electrons. The van der Waals surface area contributed by atoms with E-state index in [1.165, 1.54) is 25.7 Å². The molecular weight excluding hydrogens is 264 g/mol. The number of piperidine rings is 1. The third-order valence-corrected chi connectivity index (χ3v) is 5.15. The summed E-state index contributed by atoms with van der Waals surface area (Å²) in [7, 11) is 0. The van der Waals surface area contributed by atoms with Crippen LogP contribution in [0.2, 0.25) is 0 Å². The number of hydrogen-bond donors (Lipinski definition) is 1. The Morgan fingerprint density at radius 1 is 1.19 bits per heavy atom. The Balaban J connectivity index is 1.72. The first-order valence-electron chi connectivity index (χ1n) is 8.77. The number of likely N-dealkylation sites (tertiary alicyclic amines) is 1. The van der Waals surface area contributed by atoms with E-state index in [0.717, 1.165) is 37.8 Å². The fraction of sp³-hybridized carbons (Fsp3) is 0.941. The molecule has 21 heavy (non-hydrogen) atoms. The zero-order valence-corrected chi connectivity index (χ0v) is 13.9. The highest BCUT2D eigenvalue weighted by Crippen LogP contribution is 2.30. The SMILES string of the molecule is CCOC(=O)N1CCC(NC2CCCC(C(C)C)C2)CC1. The lowest BCUT2D eigenvalue weighted by molar-refractivity contribution is 0.0926. The highest BCUT2D eigenvalue weighted by atomic mass is 16.6. The predicted molar refractivity (Wildman–Crippen MR) is 85.3 cm³/mol. The van der Waals surface area contributed by atoms with Crippen molar-refractivity contribution in [3.63, 3.8) is 0 Å². The van der Waals surface area contributed by atoms with Crippen molar-refractivity contribution in [1.29, 1.82) is 0 Å². The summed E-state index contributed by atoms with van der Waals surface area (Å²) in [6.07, 6.45) is 7.38. The van der Waals surface area contributed by atoms with E-state index in [1.807, 2.05) is 11.8 Å². The molecule has 2 atom stereocenters. The van der Waals surface area contributed by atoms with Gasteiger partial charge in [-0.2, -0.15) is 0 Å². The van der Waals surface area contributed by atoms with E-state index in [2.05, 4.69) is 19.2 Å². The molecule has 0 radical (unpaired) electrons. The molecule has 0 aromatic heterocycles. The molecule has 0 spiro atoms. The van der Waals surface area contributed by atoms with E-state index in [-0.39, 0.29) is 6.09 Å². The largest absolute Gasteiger partial charge is 0.450 e. The Labute approximate surface area is 129 Å². The van der Waals surface area contributed by atoms with Crippen LogP contribution in [0.15, 0.2) is 0 Å². The van der Waals surface area contributed by atoms with Gasteiger partial charge in [0.2, 0.25) is 0 Å². The zero-order valence-electron chi connectivity index (χ0n) is 13.9. The quantitative estimate of drug-likeness (QED) is 0.864. The molecule has 1 amide bonds. The van der Waals surface area contributed by atoms with Crippen molar-refractivity contribution in [1.82, 2.24) is 10.2 Å². The summed E-state index contributed by atoms with van der Waals surface area (Å²) in [5.41, 5.74) is 0. The van der Waals surface area contributed by atoms with Crippen LogP contribution in [0.25, 0.3) is 0 Å². The summed E-state index contributed by atoms with van der Waals surface area (Å²) < 4.78 is 5.07. The number of amides is 1. The fourth-order valence-corrected chi connectivity index (χ4v) is 3.76. The number of ether oxygens (including phenoxy) is 1. The minimum absolute atomic E-state index is 0.145. The van der Waals surface area contributed by atoms with E-state index in [0.29, 0.717) is 18.7 Å². The lowest BCUT2D eigenvalue weighted by atomic mass is 9.79. The third-order valence-electron chi connectivity index (χ3n) is 5.15. The standard InChI is InChI=1S/C17H32N2O2/c1-4-21-17(20)19-10-8-15(9-11-19)18-16-7-5-6-14(12-16)13(2)3/h13-16,18H,4-12H2,1-3H3. The van der Waals surface area contributed by atoms with Gasteiger partial charge in [0.05, 0.1) is 6.61 Å². The summed E-state index contributed by atoms with van der Waals surface area (Å²) in [6, 6.07) is 1.26. The molecule has 1 N–H and O–H groups in total. The Morgan fingerprint density at radius 2 is 1.90 bits per heavy atom. The molecule has 4 nitrogen and oxygen atoms in total. The van der Waals surface area contributed by atoms with Gasteiger partial charge in [-0.05, 0) is 44.4 Å². The molecule has 1 aliphatic heterocycles. The van der Waals surface area contributed by atoms with Crippen LogP contribution in [0, 0.1) is 11.8 Å². The number of carbonyl (C=O) groups is 1. The highest BCUT2D eigenvalue weighted by molar-refractivity contribution is 5.67. The second-order valence-corrected chi connectivity index (χ2v) is 6.99. The van der Waals surface area contributed by atoms with Gasteiger partial charge < -0.3 is 15.0 Å². The average molecular weight is 296 g/mol. The molecule has 2 rings (SSSR count). The van der Waals surface area contributed by atoms with Crippen molar-refractivity contribution in [3.05, 3.63) is 0 Å². The second kappa shape index (κ2) is 8.02. The predicted octanol–water partition coefficient (Wildman–Crippen LogP) is 3.41. The summed E-state index contributed by atoms with van der Waals surface area (Å²) in [5.74, 6) is 1.69. The minimum Gasteiger partial charge on any atom is -0.450 e. The molecule has 1 aliphatic carbocycles. The van der Waals surface area contributed by atoms with Gasteiger partial charge in [-0.1, -0.05) is 26.7 Å². The molecule has 1 saturated heterocycles. The third kappa shape index (κ3) is 4.87. The van der Waals surface area contributed by atoms with Gasteiger partial charge in [0.15, 0.2) is 0 Å². The normalized spacial score (nSPS) is 27.9. The number of nitrogens with zero attached hydrogens (tertiary/aromatic N) is 1. The van der Waals surface area contributed by atoms with Gasteiger partial charge in [0, 0.05) is 25.2 Å². The zero-order chi connectivity index (χ0) is 15.2. The van der Waals surface area contributed by atoms with Crippen molar-refractivity contribution < 1.29 is 9.53 Å². The lowest BCUT2D eigenvalue weighted by Crippen LogP contribution is -2.49. The Bertz CT molecular complexity index is 325. The van der Waals surface area contributed by atoms with Crippen molar-refractivity contribution >= 4 is 6.09 Å². The summed E-state index contributed by atoms with van der Waals surface area (Å²) in [6.45, 7) is 8.69. The molecule has 1 heterocycles. The van der Waals surface area contributed by atoms with Gasteiger partial charge in [0.1, 0.15) is 0 Å². The first kappa shape index (κ1) is 16.6. The number of hydrogen-bond acceptors (Lipinski definition) is 3. The van der Waals surface area contributed by atoms with Crippen LogP contribution in [-0.4, -0.2) is 42.8 Å². The molecule has 4 heteroatoms. The maximum atomic E-state index is 11.7. The van der Waals surface area contributed by atoms with Crippen LogP contribution in [0.1, 0.15) is 59.3 Å². The van der Waals surface area contributed by atoms with Gasteiger partial charge in [-0.15, -0.1) is 0 Å². The first-order chi connectivity index (χ1) is 10.1. The summed E-state index contributed by atoms with van der Waals surface area (Å²) in [4.78, 5) is 13.5. The topological polar surface area (TPSA) is 41.6 Å². The number of nitrogens with one attached hydrogen (secondary N) is 1. The number of rotatable bonds is 4. The maximum absolute atomic E-state index is 11.7. The smallest absolute Gasteiger partial charge is 0.409 e. The maximum Gasteiger partial charge on any atom is 0.409 e.